The molecule has 2 fully saturated rings. The van der Waals surface area contributed by atoms with E-state index in [1.165, 1.54) is 12.8 Å². The molecule has 3 N–H and O–H groups in total. The van der Waals surface area contributed by atoms with Crippen molar-refractivity contribution in [2.75, 3.05) is 16.6 Å². The van der Waals surface area contributed by atoms with Crippen molar-refractivity contribution in [3.05, 3.63) is 29.3 Å². The van der Waals surface area contributed by atoms with Gasteiger partial charge in [0.15, 0.2) is 0 Å². The lowest BCUT2D eigenvalue weighted by molar-refractivity contribution is 0.0696. The summed E-state index contributed by atoms with van der Waals surface area (Å²) >= 11 is 0. The monoisotopic (exact) mass is 325 g/mol. The van der Waals surface area contributed by atoms with Crippen LogP contribution in [0, 0.1) is 0 Å². The molecule has 2 aliphatic rings. The maximum absolute atomic E-state index is 11.4. The molecule has 0 bridgehead atoms. The molecular weight excluding hydrogens is 302 g/mol. The molecule has 0 spiro atoms. The predicted octanol–water partition coefficient (Wildman–Crippen LogP) is 4.31. The molecule has 0 atom stereocenters. The highest BCUT2D eigenvalue weighted by molar-refractivity contribution is 8.25. The zero-order valence-corrected chi connectivity index (χ0v) is 13.4. The van der Waals surface area contributed by atoms with E-state index in [0.29, 0.717) is 23.9 Å². The fraction of sp³-hybridized carbons (Fsp3) is 0.562. The van der Waals surface area contributed by atoms with Crippen molar-refractivity contribution in [3.8, 4) is 0 Å². The Hall–Kier alpha value is -1.24. The van der Waals surface area contributed by atoms with Crippen LogP contribution in [0.1, 0.15) is 60.4 Å². The molecule has 22 heavy (non-hydrogen) atoms. The molecular formula is C16H23NO4S. The van der Waals surface area contributed by atoms with Crippen LogP contribution < -0.4 is 4.31 Å². The van der Waals surface area contributed by atoms with Gasteiger partial charge < -0.3 is 5.11 Å². The summed E-state index contributed by atoms with van der Waals surface area (Å²) in [6.45, 7) is 0.565. The minimum Gasteiger partial charge on any atom is -0.478 e. The molecule has 1 saturated carbocycles. The first-order valence-corrected chi connectivity index (χ1v) is 9.56. The van der Waals surface area contributed by atoms with Crippen LogP contribution in [0.25, 0.3) is 0 Å². The Morgan fingerprint density at radius 3 is 2.45 bits per heavy atom. The number of carboxylic acid groups (broad SMARTS) is 1. The molecule has 3 rings (SSSR count). The molecule has 1 aromatic carbocycles. The molecule has 1 aliphatic carbocycles. The second-order valence-electron chi connectivity index (χ2n) is 6.25. The number of aromatic carboxylic acids is 1. The zero-order valence-electron chi connectivity index (χ0n) is 12.6. The van der Waals surface area contributed by atoms with Gasteiger partial charge in [-0.15, -0.1) is 10.8 Å². The van der Waals surface area contributed by atoms with E-state index in [4.69, 9.17) is 0 Å². The molecule has 1 saturated heterocycles. The largest absolute Gasteiger partial charge is 0.478 e. The van der Waals surface area contributed by atoms with Gasteiger partial charge in [-0.1, -0.05) is 12.8 Å². The van der Waals surface area contributed by atoms with Crippen molar-refractivity contribution in [1.29, 1.82) is 0 Å². The summed E-state index contributed by atoms with van der Waals surface area (Å²) in [4.78, 5) is 11.4. The second kappa shape index (κ2) is 6.10. The van der Waals surface area contributed by atoms with E-state index in [1.807, 2.05) is 6.07 Å². The summed E-state index contributed by atoms with van der Waals surface area (Å²) < 4.78 is 22.2. The highest BCUT2D eigenvalue weighted by Crippen LogP contribution is 2.50. The maximum atomic E-state index is 11.4. The van der Waals surface area contributed by atoms with Gasteiger partial charge in [0.05, 0.1) is 17.0 Å². The Kier molecular flexibility index (Phi) is 4.34. The lowest BCUT2D eigenvalue weighted by Gasteiger charge is -2.47. The number of hydrogen-bond donors (Lipinski definition) is 3. The van der Waals surface area contributed by atoms with Crippen LogP contribution in [0.4, 0.5) is 5.69 Å². The minimum absolute atomic E-state index is 0.236. The predicted molar refractivity (Wildman–Crippen MR) is 88.9 cm³/mol. The Morgan fingerprint density at radius 2 is 1.82 bits per heavy atom. The van der Waals surface area contributed by atoms with Gasteiger partial charge in [0.2, 0.25) is 0 Å². The van der Waals surface area contributed by atoms with E-state index < -0.39 is 16.7 Å². The first kappa shape index (κ1) is 15.6. The average Bonchev–Trinajstić information content (AvgIpc) is 3.00. The van der Waals surface area contributed by atoms with E-state index in [1.54, 1.807) is 16.4 Å². The molecule has 5 nitrogen and oxygen atoms in total. The third kappa shape index (κ3) is 3.09. The third-order valence-corrected chi connectivity index (χ3v) is 6.62. The molecule has 6 heteroatoms. The Balaban J connectivity index is 2.00. The molecule has 0 radical (unpaired) electrons. The number of nitrogens with zero attached hydrogens (tertiary/aromatic N) is 1. The van der Waals surface area contributed by atoms with Crippen LogP contribution in [0.3, 0.4) is 0 Å². The maximum Gasteiger partial charge on any atom is 0.335 e. The van der Waals surface area contributed by atoms with Gasteiger partial charge in [-0.05, 0) is 55.4 Å². The quantitative estimate of drug-likeness (QED) is 0.771. The number of benzene rings is 1. The standard InChI is InChI=1S/C16H23NO4S/c18-16(19)14-9-13(12-5-1-2-6-12)10-15(11-14)17-7-3-4-8-22(17,20)21/h9-12,20-21H,1-8H2,(H,18,19). The topological polar surface area (TPSA) is 81.0 Å². The molecule has 1 aromatic rings. The van der Waals surface area contributed by atoms with Crippen molar-refractivity contribution in [3.63, 3.8) is 0 Å². The van der Waals surface area contributed by atoms with Crippen molar-refractivity contribution in [2.24, 2.45) is 0 Å². The summed E-state index contributed by atoms with van der Waals surface area (Å²) in [6.07, 6.45) is 6.21. The second-order valence-corrected chi connectivity index (χ2v) is 8.36. The first-order chi connectivity index (χ1) is 10.5. The van der Waals surface area contributed by atoms with Gasteiger partial charge in [0.1, 0.15) is 0 Å². The van der Waals surface area contributed by atoms with Crippen LogP contribution in [0.5, 0.6) is 0 Å². The van der Waals surface area contributed by atoms with Gasteiger partial charge in [0, 0.05) is 6.54 Å². The zero-order chi connectivity index (χ0) is 15.7. The van der Waals surface area contributed by atoms with Crippen molar-refractivity contribution in [2.45, 2.75) is 44.4 Å². The van der Waals surface area contributed by atoms with Crippen molar-refractivity contribution >= 4 is 22.4 Å². The summed E-state index contributed by atoms with van der Waals surface area (Å²) in [5.41, 5.74) is 1.90. The van der Waals surface area contributed by atoms with Gasteiger partial charge in [-0.25, -0.2) is 4.79 Å². The minimum atomic E-state index is -2.82. The average molecular weight is 325 g/mol. The molecule has 0 unspecified atom stereocenters. The van der Waals surface area contributed by atoms with Crippen LogP contribution in [0.15, 0.2) is 18.2 Å². The van der Waals surface area contributed by atoms with E-state index >= 15 is 0 Å². The number of carbonyl (C=O) groups is 1. The summed E-state index contributed by atoms with van der Waals surface area (Å²) in [5.74, 6) is -0.206. The highest BCUT2D eigenvalue weighted by Gasteiger charge is 2.28. The summed E-state index contributed by atoms with van der Waals surface area (Å²) in [5, 5.41) is 9.37. The first-order valence-electron chi connectivity index (χ1n) is 7.89. The number of hydrogen-bond acceptors (Lipinski definition) is 4. The number of rotatable bonds is 3. The molecule has 0 amide bonds. The smallest absolute Gasteiger partial charge is 0.335 e. The van der Waals surface area contributed by atoms with Crippen LogP contribution in [-0.4, -0.2) is 32.5 Å². The van der Waals surface area contributed by atoms with Crippen LogP contribution in [0.2, 0.25) is 0 Å². The Labute approximate surface area is 132 Å². The SMILES string of the molecule is O=C(O)c1cc(C2CCCC2)cc(N2CCCCS2(O)O)c1. The van der Waals surface area contributed by atoms with Crippen molar-refractivity contribution < 1.29 is 19.0 Å². The molecule has 1 heterocycles. The van der Waals surface area contributed by atoms with Crippen LogP contribution in [-0.2, 0) is 0 Å². The van der Waals surface area contributed by atoms with Crippen molar-refractivity contribution in [1.82, 2.24) is 0 Å². The molecule has 1 aliphatic heterocycles. The molecule has 0 aromatic heterocycles. The summed E-state index contributed by atoms with van der Waals surface area (Å²) in [6, 6.07) is 5.28. The summed E-state index contributed by atoms with van der Waals surface area (Å²) in [7, 11) is -2.82. The third-order valence-electron chi connectivity index (χ3n) is 4.68. The van der Waals surface area contributed by atoms with E-state index in [2.05, 4.69) is 0 Å². The Bertz CT molecular complexity index is 569. The molecule has 122 valence electrons. The number of carboxylic acids is 1. The lowest BCUT2D eigenvalue weighted by Crippen LogP contribution is -2.34. The Morgan fingerprint density at radius 1 is 1.09 bits per heavy atom. The fourth-order valence-corrected chi connectivity index (χ4v) is 5.18. The normalized spacial score (nSPS) is 23.5. The van der Waals surface area contributed by atoms with E-state index in [9.17, 15) is 19.0 Å². The van der Waals surface area contributed by atoms with Gasteiger partial charge in [0.25, 0.3) is 0 Å². The lowest BCUT2D eigenvalue weighted by atomic mass is 9.95. The fourth-order valence-electron chi connectivity index (χ4n) is 3.50. The highest BCUT2D eigenvalue weighted by atomic mass is 32.3. The van der Waals surface area contributed by atoms with Crippen LogP contribution >= 0.6 is 10.8 Å². The van der Waals surface area contributed by atoms with Gasteiger partial charge in [-0.2, -0.15) is 0 Å². The van der Waals surface area contributed by atoms with E-state index in [-0.39, 0.29) is 5.56 Å². The van der Waals surface area contributed by atoms with E-state index in [0.717, 1.165) is 31.2 Å². The number of anilines is 1. The van der Waals surface area contributed by atoms with Gasteiger partial charge in [-0.3, -0.25) is 13.4 Å². The van der Waals surface area contributed by atoms with Gasteiger partial charge >= 0.3 is 5.97 Å².